The molecule has 1 aromatic rings. The van der Waals surface area contributed by atoms with E-state index in [2.05, 4.69) is 32.7 Å². The Balaban J connectivity index is 2.07. The Bertz CT molecular complexity index is 449. The molecule has 0 atom stereocenters. The monoisotopic (exact) mass is 283 g/mol. The predicted octanol–water partition coefficient (Wildman–Crippen LogP) is 4.19. The summed E-state index contributed by atoms with van der Waals surface area (Å²) in [5.74, 6) is 3.11. The first-order valence-corrected chi connectivity index (χ1v) is 8.44. The largest absolute Gasteiger partial charge is 0.293 e. The van der Waals surface area contributed by atoms with Gasteiger partial charge in [-0.15, -0.1) is 11.3 Å². The Kier molecular flexibility index (Phi) is 4.17. The number of nitrogens with zero attached hydrogens (tertiary/aromatic N) is 1. The number of carbonyl (C=O) groups is 1. The number of hydrogen-bond donors (Lipinski definition) is 0. The van der Waals surface area contributed by atoms with Crippen LogP contribution in [0.3, 0.4) is 0 Å². The van der Waals surface area contributed by atoms with Crippen molar-refractivity contribution in [3.05, 3.63) is 15.6 Å². The molecular formula is C14H21NOS2. The Morgan fingerprint density at radius 2 is 2.11 bits per heavy atom. The van der Waals surface area contributed by atoms with Gasteiger partial charge in [-0.2, -0.15) is 11.8 Å². The number of hydrogen-bond acceptors (Lipinski definition) is 4. The van der Waals surface area contributed by atoms with Gasteiger partial charge in [0.2, 0.25) is 0 Å². The molecule has 0 radical (unpaired) electrons. The first-order chi connectivity index (χ1) is 8.37. The molecule has 1 aromatic heterocycles. The van der Waals surface area contributed by atoms with Crippen LogP contribution in [0.5, 0.6) is 0 Å². The van der Waals surface area contributed by atoms with Crippen LogP contribution < -0.4 is 0 Å². The third kappa shape index (κ3) is 3.35. The summed E-state index contributed by atoms with van der Waals surface area (Å²) in [6, 6.07) is 0. The number of Topliss-reactive ketones (excluding diaryl/α,β-unsaturated/α-hetero) is 1. The second-order valence-electron chi connectivity index (χ2n) is 6.23. The molecule has 0 bridgehead atoms. The standard InChI is InChI=1S/C14H21NOS2/c1-9(2)7-17-8-12-15-10-5-14(3,4)6-11(16)13(10)18-12/h9H,5-8H2,1-4H3. The third-order valence-corrected chi connectivity index (χ3v) is 5.66. The van der Waals surface area contributed by atoms with Crippen molar-refractivity contribution >= 4 is 28.9 Å². The molecule has 0 unspecified atom stereocenters. The SMILES string of the molecule is CC(C)CSCc1nc2c(s1)C(=O)CC(C)(C)C2. The predicted molar refractivity (Wildman–Crippen MR) is 79.5 cm³/mol. The van der Waals surface area contributed by atoms with Crippen LogP contribution in [0.2, 0.25) is 0 Å². The van der Waals surface area contributed by atoms with Crippen molar-refractivity contribution in [2.45, 2.75) is 46.3 Å². The van der Waals surface area contributed by atoms with E-state index in [1.807, 2.05) is 11.8 Å². The van der Waals surface area contributed by atoms with Gasteiger partial charge in [0.15, 0.2) is 5.78 Å². The maximum atomic E-state index is 12.1. The molecule has 18 heavy (non-hydrogen) atoms. The molecule has 2 nitrogen and oxygen atoms in total. The zero-order valence-electron chi connectivity index (χ0n) is 11.6. The summed E-state index contributed by atoms with van der Waals surface area (Å²) in [6.45, 7) is 8.76. The first-order valence-electron chi connectivity index (χ1n) is 6.47. The van der Waals surface area contributed by atoms with Gasteiger partial charge in [0.1, 0.15) is 5.01 Å². The Morgan fingerprint density at radius 1 is 1.39 bits per heavy atom. The second-order valence-corrected chi connectivity index (χ2v) is 8.35. The Morgan fingerprint density at radius 3 is 2.78 bits per heavy atom. The van der Waals surface area contributed by atoms with Crippen molar-refractivity contribution < 1.29 is 4.79 Å². The van der Waals surface area contributed by atoms with Crippen LogP contribution in [-0.4, -0.2) is 16.5 Å². The van der Waals surface area contributed by atoms with Crippen LogP contribution >= 0.6 is 23.1 Å². The quantitative estimate of drug-likeness (QED) is 0.830. The third-order valence-electron chi connectivity index (χ3n) is 2.96. The van der Waals surface area contributed by atoms with Gasteiger partial charge >= 0.3 is 0 Å². The van der Waals surface area contributed by atoms with E-state index in [0.717, 1.165) is 33.5 Å². The molecule has 0 fully saturated rings. The second kappa shape index (κ2) is 5.33. The summed E-state index contributed by atoms with van der Waals surface area (Å²) in [7, 11) is 0. The normalized spacial score (nSPS) is 18.2. The average molecular weight is 283 g/mol. The van der Waals surface area contributed by atoms with Crippen molar-refractivity contribution in [1.29, 1.82) is 0 Å². The fourth-order valence-corrected chi connectivity index (χ4v) is 4.34. The lowest BCUT2D eigenvalue weighted by Crippen LogP contribution is -2.25. The van der Waals surface area contributed by atoms with Crippen LogP contribution in [0, 0.1) is 11.3 Å². The zero-order valence-corrected chi connectivity index (χ0v) is 13.2. The number of carbonyl (C=O) groups excluding carboxylic acids is 1. The highest BCUT2D eigenvalue weighted by atomic mass is 32.2. The maximum Gasteiger partial charge on any atom is 0.175 e. The minimum atomic E-state index is 0.0838. The van der Waals surface area contributed by atoms with E-state index in [0.29, 0.717) is 18.1 Å². The molecule has 1 aliphatic carbocycles. The van der Waals surface area contributed by atoms with E-state index < -0.39 is 0 Å². The van der Waals surface area contributed by atoms with Gasteiger partial charge in [-0.05, 0) is 23.5 Å². The minimum absolute atomic E-state index is 0.0838. The van der Waals surface area contributed by atoms with E-state index in [1.165, 1.54) is 0 Å². The summed E-state index contributed by atoms with van der Waals surface area (Å²) in [5.41, 5.74) is 1.13. The number of aromatic nitrogens is 1. The summed E-state index contributed by atoms with van der Waals surface area (Å²) in [4.78, 5) is 17.7. The van der Waals surface area contributed by atoms with Gasteiger partial charge in [0.05, 0.1) is 10.6 Å². The number of fused-ring (bicyclic) bond motifs is 1. The molecule has 0 N–H and O–H groups in total. The number of rotatable bonds is 4. The summed E-state index contributed by atoms with van der Waals surface area (Å²) >= 11 is 3.53. The lowest BCUT2D eigenvalue weighted by atomic mass is 9.78. The van der Waals surface area contributed by atoms with Crippen molar-refractivity contribution in [3.63, 3.8) is 0 Å². The molecular weight excluding hydrogens is 262 g/mol. The van der Waals surface area contributed by atoms with Crippen LogP contribution in [0.4, 0.5) is 0 Å². The highest BCUT2D eigenvalue weighted by Crippen LogP contribution is 2.37. The van der Waals surface area contributed by atoms with Crippen LogP contribution in [0.25, 0.3) is 0 Å². The topological polar surface area (TPSA) is 30.0 Å². The van der Waals surface area contributed by atoms with E-state index in [9.17, 15) is 4.79 Å². The van der Waals surface area contributed by atoms with E-state index in [-0.39, 0.29) is 5.41 Å². The van der Waals surface area contributed by atoms with Gasteiger partial charge in [-0.1, -0.05) is 27.7 Å². The first kappa shape index (κ1) is 14.1. The van der Waals surface area contributed by atoms with Crippen LogP contribution in [0.15, 0.2) is 0 Å². The molecule has 0 saturated carbocycles. The van der Waals surface area contributed by atoms with Gasteiger partial charge in [-0.3, -0.25) is 4.79 Å². The molecule has 0 aromatic carbocycles. The Labute approximate surface area is 118 Å². The highest BCUT2D eigenvalue weighted by Gasteiger charge is 2.33. The molecule has 4 heteroatoms. The molecule has 0 saturated heterocycles. The number of thiazole rings is 1. The van der Waals surface area contributed by atoms with Crippen LogP contribution in [0.1, 0.15) is 54.5 Å². The zero-order chi connectivity index (χ0) is 13.3. The van der Waals surface area contributed by atoms with E-state index >= 15 is 0 Å². The fraction of sp³-hybridized carbons (Fsp3) is 0.714. The van der Waals surface area contributed by atoms with E-state index in [4.69, 9.17) is 0 Å². The molecule has 1 aliphatic rings. The maximum absolute atomic E-state index is 12.1. The van der Waals surface area contributed by atoms with E-state index in [1.54, 1.807) is 11.3 Å². The molecule has 0 amide bonds. The number of ketones is 1. The smallest absolute Gasteiger partial charge is 0.175 e. The summed E-state index contributed by atoms with van der Waals surface area (Å²) in [5, 5.41) is 1.12. The summed E-state index contributed by atoms with van der Waals surface area (Å²) < 4.78 is 0. The van der Waals surface area contributed by atoms with Gasteiger partial charge < -0.3 is 0 Å². The average Bonchev–Trinajstić information content (AvgIpc) is 2.58. The Hall–Kier alpha value is -0.350. The molecule has 100 valence electrons. The fourth-order valence-electron chi connectivity index (χ4n) is 2.21. The van der Waals surface area contributed by atoms with Gasteiger partial charge in [-0.25, -0.2) is 4.98 Å². The van der Waals surface area contributed by atoms with Gasteiger partial charge in [0, 0.05) is 12.2 Å². The number of thioether (sulfide) groups is 1. The van der Waals surface area contributed by atoms with Crippen molar-refractivity contribution in [2.24, 2.45) is 11.3 Å². The lowest BCUT2D eigenvalue weighted by molar-refractivity contribution is 0.0916. The molecule has 1 heterocycles. The van der Waals surface area contributed by atoms with Crippen molar-refractivity contribution in [3.8, 4) is 0 Å². The highest BCUT2D eigenvalue weighted by molar-refractivity contribution is 7.98. The summed E-state index contributed by atoms with van der Waals surface area (Å²) in [6.07, 6.45) is 1.61. The van der Waals surface area contributed by atoms with Crippen LogP contribution in [-0.2, 0) is 12.2 Å². The molecule has 0 aliphatic heterocycles. The molecule has 0 spiro atoms. The van der Waals surface area contributed by atoms with Crippen molar-refractivity contribution in [1.82, 2.24) is 4.98 Å². The lowest BCUT2D eigenvalue weighted by Gasteiger charge is -2.26. The molecule has 2 rings (SSSR count). The minimum Gasteiger partial charge on any atom is -0.293 e. The van der Waals surface area contributed by atoms with Gasteiger partial charge in [0.25, 0.3) is 0 Å². The van der Waals surface area contributed by atoms with Crippen molar-refractivity contribution in [2.75, 3.05) is 5.75 Å².